The molecule has 6 nitrogen and oxygen atoms in total. The second kappa shape index (κ2) is 6.47. The third kappa shape index (κ3) is 3.63. The zero-order chi connectivity index (χ0) is 18.9. The van der Waals surface area contributed by atoms with Crippen molar-refractivity contribution in [3.63, 3.8) is 0 Å². The first-order chi connectivity index (χ1) is 12.2. The van der Waals surface area contributed by atoms with E-state index in [1.807, 2.05) is 0 Å². The van der Waals surface area contributed by atoms with Crippen molar-refractivity contribution in [3.8, 4) is 0 Å². The average Bonchev–Trinajstić information content (AvgIpc) is 2.96. The van der Waals surface area contributed by atoms with Crippen LogP contribution >= 0.6 is 0 Å². The summed E-state index contributed by atoms with van der Waals surface area (Å²) in [6.45, 7) is 0. The largest absolute Gasteiger partial charge is 0.416 e. The molecule has 2 amide bonds. The Hall–Kier alpha value is -3.43. The maximum atomic E-state index is 13.2. The van der Waals surface area contributed by atoms with E-state index in [9.17, 15) is 27.2 Å². The lowest BCUT2D eigenvalue weighted by molar-refractivity contribution is -0.137. The highest BCUT2D eigenvalue weighted by molar-refractivity contribution is 6.44. The third-order valence-corrected chi connectivity index (χ3v) is 3.42. The highest BCUT2D eigenvalue weighted by atomic mass is 19.4. The van der Waals surface area contributed by atoms with Gasteiger partial charge in [-0.1, -0.05) is 0 Å². The normalized spacial score (nSPS) is 11.4. The van der Waals surface area contributed by atoms with Gasteiger partial charge in [-0.3, -0.25) is 9.59 Å². The van der Waals surface area contributed by atoms with Crippen molar-refractivity contribution in [2.75, 3.05) is 10.6 Å². The molecule has 0 spiro atoms. The van der Waals surface area contributed by atoms with Gasteiger partial charge in [-0.05, 0) is 30.3 Å². The Morgan fingerprint density at radius 2 is 1.69 bits per heavy atom. The monoisotopic (exact) mass is 366 g/mol. The van der Waals surface area contributed by atoms with Crippen LogP contribution < -0.4 is 10.6 Å². The topological polar surface area (TPSA) is 86.9 Å². The molecule has 0 radical (unpaired) electrons. The molecule has 0 bridgehead atoms. The summed E-state index contributed by atoms with van der Waals surface area (Å²) in [5.74, 6) is -2.79. The van der Waals surface area contributed by atoms with Crippen LogP contribution in [0.3, 0.4) is 0 Å². The van der Waals surface area contributed by atoms with E-state index in [0.29, 0.717) is 5.65 Å². The van der Waals surface area contributed by atoms with Crippen molar-refractivity contribution < 1.29 is 27.2 Å². The van der Waals surface area contributed by atoms with Crippen LogP contribution in [0.4, 0.5) is 28.9 Å². The van der Waals surface area contributed by atoms with Crippen molar-refractivity contribution in [2.45, 2.75) is 6.18 Å². The van der Waals surface area contributed by atoms with Gasteiger partial charge in [0.2, 0.25) is 0 Å². The zero-order valence-electron chi connectivity index (χ0n) is 12.8. The smallest absolute Gasteiger partial charge is 0.344 e. The van der Waals surface area contributed by atoms with Crippen molar-refractivity contribution >= 4 is 34.2 Å². The predicted molar refractivity (Wildman–Crippen MR) is 84.8 cm³/mol. The molecule has 3 aromatic rings. The van der Waals surface area contributed by atoms with Gasteiger partial charge in [0, 0.05) is 17.3 Å². The summed E-state index contributed by atoms with van der Waals surface area (Å²) in [5, 5.41) is 4.72. The number of anilines is 2. The second-order valence-corrected chi connectivity index (χ2v) is 5.24. The molecule has 134 valence electrons. The van der Waals surface area contributed by atoms with E-state index in [2.05, 4.69) is 20.6 Å². The van der Waals surface area contributed by atoms with Crippen LogP contribution in [0, 0.1) is 5.82 Å². The molecule has 3 N–H and O–H groups in total. The summed E-state index contributed by atoms with van der Waals surface area (Å²) in [5.41, 5.74) is -0.414. The molecule has 0 saturated heterocycles. The Morgan fingerprint density at radius 3 is 2.35 bits per heavy atom. The van der Waals surface area contributed by atoms with Crippen LogP contribution in [-0.4, -0.2) is 21.8 Å². The summed E-state index contributed by atoms with van der Waals surface area (Å²) < 4.78 is 50.7. The number of aromatic nitrogens is 2. The molecule has 0 atom stereocenters. The minimum atomic E-state index is -4.50. The average molecular weight is 366 g/mol. The first-order valence-electron chi connectivity index (χ1n) is 7.16. The molecule has 10 heteroatoms. The summed E-state index contributed by atoms with van der Waals surface area (Å²) >= 11 is 0. The summed E-state index contributed by atoms with van der Waals surface area (Å²) in [6, 6.07) is 4.74. The number of fused-ring (bicyclic) bond motifs is 1. The quantitative estimate of drug-likeness (QED) is 0.480. The van der Waals surface area contributed by atoms with E-state index >= 15 is 0 Å². The fourth-order valence-corrected chi connectivity index (χ4v) is 2.19. The van der Waals surface area contributed by atoms with E-state index in [-0.39, 0.29) is 16.8 Å². The van der Waals surface area contributed by atoms with Crippen LogP contribution in [0.25, 0.3) is 11.0 Å². The van der Waals surface area contributed by atoms with Crippen LogP contribution in [0.15, 0.2) is 42.7 Å². The van der Waals surface area contributed by atoms with Crippen molar-refractivity contribution in [3.05, 3.63) is 54.1 Å². The van der Waals surface area contributed by atoms with Gasteiger partial charge in [-0.25, -0.2) is 9.37 Å². The number of hydrogen-bond acceptors (Lipinski definition) is 3. The Morgan fingerprint density at radius 1 is 1.04 bits per heavy atom. The summed E-state index contributed by atoms with van der Waals surface area (Å²) in [6.07, 6.45) is -2.18. The first kappa shape index (κ1) is 17.4. The van der Waals surface area contributed by atoms with E-state index in [1.54, 1.807) is 0 Å². The maximum Gasteiger partial charge on any atom is 0.416 e. The van der Waals surface area contributed by atoms with Crippen LogP contribution in [-0.2, 0) is 15.8 Å². The molecular weight excluding hydrogens is 356 g/mol. The van der Waals surface area contributed by atoms with Crippen molar-refractivity contribution in [1.29, 1.82) is 0 Å². The second-order valence-electron chi connectivity index (χ2n) is 5.24. The number of H-pyrrole nitrogens is 1. The Balaban J connectivity index is 1.69. The van der Waals surface area contributed by atoms with E-state index in [4.69, 9.17) is 0 Å². The number of amides is 2. The summed E-state index contributed by atoms with van der Waals surface area (Å²) in [4.78, 5) is 30.3. The number of benzene rings is 1. The lowest BCUT2D eigenvalue weighted by atomic mass is 10.2. The number of carbonyl (C=O) groups excluding carboxylic acids is 2. The lowest BCUT2D eigenvalue weighted by Crippen LogP contribution is -2.29. The SMILES string of the molecule is O=C(Nc1ccc(C(F)(F)F)cc1)C(=O)Nc1c[nH]c2ncc(F)cc12. The number of rotatable bonds is 2. The molecule has 2 heterocycles. The molecular formula is C16H10F4N4O2. The van der Waals surface area contributed by atoms with E-state index in [1.165, 1.54) is 6.20 Å². The first-order valence-corrected chi connectivity index (χ1v) is 7.16. The standard InChI is InChI=1S/C16H10F4N4O2/c17-9-5-11-12(7-22-13(11)21-6-9)24-15(26)14(25)23-10-3-1-8(2-4-10)16(18,19)20/h1-7H,(H,21,22)(H,23,25)(H,24,26). The Kier molecular flexibility index (Phi) is 4.33. The molecule has 26 heavy (non-hydrogen) atoms. The van der Waals surface area contributed by atoms with Gasteiger partial charge in [0.05, 0.1) is 17.4 Å². The highest BCUT2D eigenvalue weighted by Gasteiger charge is 2.30. The minimum absolute atomic E-state index is 0.0183. The summed E-state index contributed by atoms with van der Waals surface area (Å²) in [7, 11) is 0. The van der Waals surface area contributed by atoms with Gasteiger partial charge in [-0.15, -0.1) is 0 Å². The minimum Gasteiger partial charge on any atom is -0.344 e. The molecule has 0 unspecified atom stereocenters. The van der Waals surface area contributed by atoms with Gasteiger partial charge in [0.15, 0.2) is 0 Å². The molecule has 0 aliphatic heterocycles. The van der Waals surface area contributed by atoms with E-state index < -0.39 is 29.4 Å². The van der Waals surface area contributed by atoms with Crippen molar-refractivity contribution in [2.24, 2.45) is 0 Å². The van der Waals surface area contributed by atoms with Gasteiger partial charge in [0.1, 0.15) is 11.5 Å². The van der Waals surface area contributed by atoms with Crippen LogP contribution in [0.1, 0.15) is 5.56 Å². The number of nitrogens with zero attached hydrogens (tertiary/aromatic N) is 1. The lowest BCUT2D eigenvalue weighted by Gasteiger charge is -2.09. The Labute approximate surface area is 143 Å². The molecule has 0 aliphatic rings. The fraction of sp³-hybridized carbons (Fsp3) is 0.0625. The molecule has 2 aromatic heterocycles. The number of hydrogen-bond donors (Lipinski definition) is 3. The zero-order valence-corrected chi connectivity index (χ0v) is 12.8. The molecule has 0 saturated carbocycles. The fourth-order valence-electron chi connectivity index (χ4n) is 2.19. The molecule has 1 aromatic carbocycles. The highest BCUT2D eigenvalue weighted by Crippen LogP contribution is 2.29. The van der Waals surface area contributed by atoms with E-state index in [0.717, 1.165) is 36.5 Å². The number of alkyl halides is 3. The number of carbonyl (C=O) groups is 2. The Bertz CT molecular complexity index is 980. The van der Waals surface area contributed by atoms with Gasteiger partial charge < -0.3 is 15.6 Å². The third-order valence-electron chi connectivity index (χ3n) is 3.42. The molecule has 0 aliphatic carbocycles. The number of halogens is 4. The number of nitrogens with one attached hydrogen (secondary N) is 3. The maximum absolute atomic E-state index is 13.2. The van der Waals surface area contributed by atoms with Gasteiger partial charge >= 0.3 is 18.0 Å². The van der Waals surface area contributed by atoms with Crippen LogP contribution in [0.2, 0.25) is 0 Å². The number of aromatic amines is 1. The number of pyridine rings is 1. The molecule has 0 fully saturated rings. The van der Waals surface area contributed by atoms with Crippen LogP contribution in [0.5, 0.6) is 0 Å². The van der Waals surface area contributed by atoms with Gasteiger partial charge in [0.25, 0.3) is 0 Å². The van der Waals surface area contributed by atoms with Gasteiger partial charge in [-0.2, -0.15) is 13.2 Å². The predicted octanol–water partition coefficient (Wildman–Crippen LogP) is 3.30. The van der Waals surface area contributed by atoms with Crippen molar-refractivity contribution in [1.82, 2.24) is 9.97 Å². The molecule has 3 rings (SSSR count).